The lowest BCUT2D eigenvalue weighted by molar-refractivity contribution is -0.141. The number of fused-ring (bicyclic) bond motifs is 1. The van der Waals surface area contributed by atoms with Crippen LogP contribution in [-0.4, -0.2) is 30.1 Å². The van der Waals surface area contributed by atoms with Gasteiger partial charge in [-0.15, -0.1) is 0 Å². The van der Waals surface area contributed by atoms with Crippen molar-refractivity contribution in [2.75, 3.05) is 7.11 Å². The monoisotopic (exact) mass is 277 g/mol. The third-order valence-electron chi connectivity index (χ3n) is 3.01. The Balaban J connectivity index is 2.42. The van der Waals surface area contributed by atoms with E-state index in [1.807, 2.05) is 0 Å². The van der Waals surface area contributed by atoms with E-state index in [-0.39, 0.29) is 6.42 Å². The summed E-state index contributed by atoms with van der Waals surface area (Å²) in [5, 5.41) is 12.4. The van der Waals surface area contributed by atoms with Crippen molar-refractivity contribution >= 4 is 22.8 Å². The number of methoxy groups -OCH3 is 1. The summed E-state index contributed by atoms with van der Waals surface area (Å²) in [5.41, 5.74) is 1.34. The third-order valence-corrected chi connectivity index (χ3v) is 3.01. The van der Waals surface area contributed by atoms with Crippen molar-refractivity contribution in [3.63, 3.8) is 0 Å². The number of amides is 1. The highest BCUT2D eigenvalue weighted by atomic mass is 16.5. The summed E-state index contributed by atoms with van der Waals surface area (Å²) >= 11 is 0. The summed E-state index contributed by atoms with van der Waals surface area (Å²) in [6.07, 6.45) is 1.65. The second-order valence-corrected chi connectivity index (χ2v) is 4.37. The van der Waals surface area contributed by atoms with Gasteiger partial charge in [-0.05, 0) is 18.2 Å². The summed E-state index contributed by atoms with van der Waals surface area (Å²) in [4.78, 5) is 22.3. The number of hydrogen-bond acceptors (Lipinski definition) is 4. The van der Waals surface area contributed by atoms with Crippen LogP contribution in [0.1, 0.15) is 12.5 Å². The minimum atomic E-state index is -1.09. The maximum Gasteiger partial charge on any atom is 0.326 e. The van der Waals surface area contributed by atoms with E-state index in [2.05, 4.69) is 5.32 Å². The molecule has 1 aromatic heterocycles. The van der Waals surface area contributed by atoms with Crippen LogP contribution in [0.3, 0.4) is 0 Å². The second-order valence-electron chi connectivity index (χ2n) is 4.37. The molecule has 0 saturated heterocycles. The SMILES string of the molecule is COc1ccc2occc2c1CC(NC(C)=O)C(=O)O. The van der Waals surface area contributed by atoms with Crippen molar-refractivity contribution < 1.29 is 23.8 Å². The van der Waals surface area contributed by atoms with Crippen LogP contribution in [0, 0.1) is 0 Å². The number of carbonyl (C=O) groups excluding carboxylic acids is 1. The largest absolute Gasteiger partial charge is 0.496 e. The van der Waals surface area contributed by atoms with E-state index in [0.29, 0.717) is 16.9 Å². The number of ether oxygens (including phenoxy) is 1. The standard InChI is InChI=1S/C14H15NO5/c1-8(16)15-11(14(17)18)7-10-9-5-6-20-13(9)4-3-12(10)19-2/h3-6,11H,7H2,1-2H3,(H,15,16)(H,17,18). The van der Waals surface area contributed by atoms with Crippen LogP contribution in [0.25, 0.3) is 11.0 Å². The minimum absolute atomic E-state index is 0.120. The quantitative estimate of drug-likeness (QED) is 0.866. The lowest BCUT2D eigenvalue weighted by atomic mass is 10.0. The highest BCUT2D eigenvalue weighted by Gasteiger charge is 2.22. The Hall–Kier alpha value is -2.50. The molecule has 1 amide bonds. The number of benzene rings is 1. The summed E-state index contributed by atoms with van der Waals surface area (Å²) in [5.74, 6) is -0.922. The van der Waals surface area contributed by atoms with Crippen molar-refractivity contribution in [1.82, 2.24) is 5.32 Å². The van der Waals surface area contributed by atoms with E-state index in [4.69, 9.17) is 9.15 Å². The molecule has 0 saturated carbocycles. The van der Waals surface area contributed by atoms with E-state index in [1.54, 1.807) is 18.2 Å². The average molecular weight is 277 g/mol. The lowest BCUT2D eigenvalue weighted by Crippen LogP contribution is -2.41. The molecule has 2 aromatic rings. The zero-order valence-corrected chi connectivity index (χ0v) is 11.2. The zero-order chi connectivity index (χ0) is 14.7. The van der Waals surface area contributed by atoms with Crippen LogP contribution in [0.2, 0.25) is 0 Å². The van der Waals surface area contributed by atoms with Crippen LogP contribution in [0.15, 0.2) is 28.9 Å². The van der Waals surface area contributed by atoms with Gasteiger partial charge < -0.3 is 19.6 Å². The van der Waals surface area contributed by atoms with Gasteiger partial charge in [0.15, 0.2) is 0 Å². The molecule has 1 unspecified atom stereocenters. The number of furan rings is 1. The number of hydrogen-bond donors (Lipinski definition) is 2. The van der Waals surface area contributed by atoms with Crippen molar-refractivity contribution in [3.8, 4) is 5.75 Å². The van der Waals surface area contributed by atoms with Crippen LogP contribution >= 0.6 is 0 Å². The number of carboxylic acid groups (broad SMARTS) is 1. The Morgan fingerprint density at radius 2 is 2.15 bits per heavy atom. The number of aliphatic carboxylic acids is 1. The summed E-state index contributed by atoms with van der Waals surface area (Å²) in [7, 11) is 1.51. The Labute approximate surface area is 115 Å². The fourth-order valence-electron chi connectivity index (χ4n) is 2.14. The molecule has 2 N–H and O–H groups in total. The minimum Gasteiger partial charge on any atom is -0.496 e. The number of nitrogens with one attached hydrogen (secondary N) is 1. The smallest absolute Gasteiger partial charge is 0.326 e. The first-order valence-electron chi connectivity index (χ1n) is 6.06. The molecule has 0 aliphatic rings. The average Bonchev–Trinajstić information content (AvgIpc) is 2.86. The molecule has 106 valence electrons. The molecular formula is C14H15NO5. The molecule has 6 nitrogen and oxygen atoms in total. The first-order valence-corrected chi connectivity index (χ1v) is 6.06. The maximum absolute atomic E-state index is 11.2. The van der Waals surface area contributed by atoms with Gasteiger partial charge in [0, 0.05) is 24.3 Å². The predicted molar refractivity (Wildman–Crippen MR) is 71.7 cm³/mol. The van der Waals surface area contributed by atoms with E-state index >= 15 is 0 Å². The first-order chi connectivity index (χ1) is 9.52. The van der Waals surface area contributed by atoms with Crippen molar-refractivity contribution in [2.24, 2.45) is 0 Å². The van der Waals surface area contributed by atoms with Crippen LogP contribution < -0.4 is 10.1 Å². The van der Waals surface area contributed by atoms with Gasteiger partial charge in [0.05, 0.1) is 13.4 Å². The van der Waals surface area contributed by atoms with Crippen molar-refractivity contribution in [1.29, 1.82) is 0 Å². The van der Waals surface area contributed by atoms with E-state index in [0.717, 1.165) is 5.39 Å². The van der Waals surface area contributed by atoms with Crippen LogP contribution in [-0.2, 0) is 16.0 Å². The van der Waals surface area contributed by atoms with Gasteiger partial charge in [-0.3, -0.25) is 4.79 Å². The maximum atomic E-state index is 11.2. The number of carboxylic acids is 1. The Morgan fingerprint density at radius 1 is 1.40 bits per heavy atom. The molecule has 0 fully saturated rings. The fourth-order valence-corrected chi connectivity index (χ4v) is 2.14. The molecule has 0 spiro atoms. The zero-order valence-electron chi connectivity index (χ0n) is 11.2. The lowest BCUT2D eigenvalue weighted by Gasteiger charge is -2.16. The van der Waals surface area contributed by atoms with Gasteiger partial charge in [-0.25, -0.2) is 4.79 Å². The van der Waals surface area contributed by atoms with Gasteiger partial charge >= 0.3 is 5.97 Å². The van der Waals surface area contributed by atoms with Gasteiger partial charge in [-0.1, -0.05) is 0 Å². The highest BCUT2D eigenvalue weighted by Crippen LogP contribution is 2.29. The highest BCUT2D eigenvalue weighted by molar-refractivity contribution is 5.86. The van der Waals surface area contributed by atoms with Gasteiger partial charge in [0.1, 0.15) is 17.4 Å². The van der Waals surface area contributed by atoms with Gasteiger partial charge in [0.25, 0.3) is 0 Å². The summed E-state index contributed by atoms with van der Waals surface area (Å²) in [6, 6.07) is 4.21. The number of carbonyl (C=O) groups is 2. The Bertz CT molecular complexity index is 646. The van der Waals surface area contributed by atoms with Gasteiger partial charge in [-0.2, -0.15) is 0 Å². The second kappa shape index (κ2) is 5.64. The normalized spacial score (nSPS) is 12.1. The van der Waals surface area contributed by atoms with Crippen molar-refractivity contribution in [2.45, 2.75) is 19.4 Å². The Morgan fingerprint density at radius 3 is 2.75 bits per heavy atom. The third kappa shape index (κ3) is 2.74. The fraction of sp³-hybridized carbons (Fsp3) is 0.286. The molecule has 1 aromatic carbocycles. The molecule has 2 rings (SSSR count). The summed E-state index contributed by atoms with van der Waals surface area (Å²) in [6.45, 7) is 1.28. The Kier molecular flexibility index (Phi) is 3.93. The van der Waals surface area contributed by atoms with Gasteiger partial charge in [0.2, 0.25) is 5.91 Å². The molecule has 1 heterocycles. The molecule has 0 aliphatic carbocycles. The molecule has 0 aliphatic heterocycles. The molecule has 20 heavy (non-hydrogen) atoms. The number of rotatable bonds is 5. The van der Waals surface area contributed by atoms with Crippen molar-refractivity contribution in [3.05, 3.63) is 30.0 Å². The van der Waals surface area contributed by atoms with Crippen LogP contribution in [0.5, 0.6) is 5.75 Å². The van der Waals surface area contributed by atoms with E-state index in [9.17, 15) is 14.7 Å². The molecule has 6 heteroatoms. The predicted octanol–water partition coefficient (Wildman–Crippen LogP) is 1.57. The first kappa shape index (κ1) is 13.9. The molecule has 0 bridgehead atoms. The molecular weight excluding hydrogens is 262 g/mol. The molecule has 0 radical (unpaired) electrons. The van der Waals surface area contributed by atoms with Crippen LogP contribution in [0.4, 0.5) is 0 Å². The van der Waals surface area contributed by atoms with E-state index < -0.39 is 17.9 Å². The van der Waals surface area contributed by atoms with E-state index in [1.165, 1.54) is 20.3 Å². The summed E-state index contributed by atoms with van der Waals surface area (Å²) < 4.78 is 10.6. The topological polar surface area (TPSA) is 88.8 Å². The molecule has 1 atom stereocenters.